The Bertz CT molecular complexity index is 603. The lowest BCUT2D eigenvalue weighted by atomic mass is 10.1. The van der Waals surface area contributed by atoms with Crippen molar-refractivity contribution in [2.24, 2.45) is 5.73 Å². The summed E-state index contributed by atoms with van der Waals surface area (Å²) < 4.78 is 5.46. The summed E-state index contributed by atoms with van der Waals surface area (Å²) in [7, 11) is 0. The normalized spacial score (nSPS) is 19.5. The third-order valence-corrected chi connectivity index (χ3v) is 3.77. The highest BCUT2D eigenvalue weighted by atomic mass is 16.5. The van der Waals surface area contributed by atoms with E-state index in [2.05, 4.69) is 16.0 Å². The smallest absolute Gasteiger partial charge is 0.0755 e. The van der Waals surface area contributed by atoms with Crippen LogP contribution in [0.5, 0.6) is 0 Å². The van der Waals surface area contributed by atoms with Gasteiger partial charge in [-0.3, -0.25) is 4.98 Å². The van der Waals surface area contributed by atoms with Gasteiger partial charge in [0.1, 0.15) is 0 Å². The minimum absolute atomic E-state index is 0.0279. The van der Waals surface area contributed by atoms with Gasteiger partial charge in [-0.15, -0.1) is 0 Å². The van der Waals surface area contributed by atoms with Crippen LogP contribution in [0.15, 0.2) is 30.5 Å². The Morgan fingerprint density at radius 3 is 3.05 bits per heavy atom. The summed E-state index contributed by atoms with van der Waals surface area (Å²) in [5.74, 6) is 0. The van der Waals surface area contributed by atoms with Gasteiger partial charge in [-0.25, -0.2) is 0 Å². The molecule has 1 aromatic heterocycles. The summed E-state index contributed by atoms with van der Waals surface area (Å²) >= 11 is 0. The molecule has 1 aliphatic rings. The highest BCUT2D eigenvalue weighted by Crippen LogP contribution is 2.31. The number of morpholine rings is 1. The van der Waals surface area contributed by atoms with Crippen LogP contribution >= 0.6 is 0 Å². The Morgan fingerprint density at radius 1 is 1.40 bits per heavy atom. The van der Waals surface area contributed by atoms with E-state index in [1.165, 1.54) is 0 Å². The molecule has 5 nitrogen and oxygen atoms in total. The highest BCUT2D eigenvalue weighted by molar-refractivity contribution is 5.93. The van der Waals surface area contributed by atoms with Gasteiger partial charge in [0, 0.05) is 30.2 Å². The zero-order chi connectivity index (χ0) is 13.9. The molecule has 5 heteroatoms. The van der Waals surface area contributed by atoms with Crippen molar-refractivity contribution in [2.75, 3.05) is 31.3 Å². The maximum atomic E-state index is 9.59. The van der Waals surface area contributed by atoms with Crippen molar-refractivity contribution < 1.29 is 9.84 Å². The van der Waals surface area contributed by atoms with Crippen molar-refractivity contribution in [1.82, 2.24) is 4.98 Å². The van der Waals surface area contributed by atoms with Crippen LogP contribution < -0.4 is 10.6 Å². The van der Waals surface area contributed by atoms with E-state index in [4.69, 9.17) is 10.5 Å². The van der Waals surface area contributed by atoms with Gasteiger partial charge < -0.3 is 20.5 Å². The SMILES string of the molecule is NCc1cnc2ccccc2c1N1CCOCC1CO. The summed E-state index contributed by atoms with van der Waals surface area (Å²) in [6.07, 6.45) is 1.83. The second-order valence-corrected chi connectivity index (χ2v) is 4.96. The first-order chi connectivity index (χ1) is 9.85. The Kier molecular flexibility index (Phi) is 3.82. The molecule has 0 amide bonds. The summed E-state index contributed by atoms with van der Waals surface area (Å²) in [6.45, 7) is 2.46. The molecular formula is C15H19N3O2. The van der Waals surface area contributed by atoms with Gasteiger partial charge in [-0.1, -0.05) is 18.2 Å². The number of hydrogen-bond donors (Lipinski definition) is 2. The van der Waals surface area contributed by atoms with E-state index >= 15 is 0 Å². The Hall–Kier alpha value is -1.69. The topological polar surface area (TPSA) is 71.6 Å². The predicted molar refractivity (Wildman–Crippen MR) is 78.7 cm³/mol. The number of aromatic nitrogens is 1. The van der Waals surface area contributed by atoms with Crippen LogP contribution in [0.25, 0.3) is 10.9 Å². The van der Waals surface area contributed by atoms with Crippen molar-refractivity contribution in [3.8, 4) is 0 Å². The monoisotopic (exact) mass is 273 g/mol. The van der Waals surface area contributed by atoms with Crippen LogP contribution in [0.4, 0.5) is 5.69 Å². The lowest BCUT2D eigenvalue weighted by Gasteiger charge is -2.38. The Morgan fingerprint density at radius 2 is 2.25 bits per heavy atom. The quantitative estimate of drug-likeness (QED) is 0.869. The number of anilines is 1. The molecule has 1 unspecified atom stereocenters. The molecule has 1 saturated heterocycles. The maximum Gasteiger partial charge on any atom is 0.0755 e. The minimum Gasteiger partial charge on any atom is -0.394 e. The highest BCUT2D eigenvalue weighted by Gasteiger charge is 2.25. The predicted octanol–water partition coefficient (Wildman–Crippen LogP) is 0.891. The van der Waals surface area contributed by atoms with Gasteiger partial charge >= 0.3 is 0 Å². The van der Waals surface area contributed by atoms with Crippen LogP contribution in [-0.4, -0.2) is 42.5 Å². The molecule has 106 valence electrons. The van der Waals surface area contributed by atoms with Gasteiger partial charge in [-0.2, -0.15) is 0 Å². The number of para-hydroxylation sites is 1. The van der Waals surface area contributed by atoms with E-state index in [0.29, 0.717) is 19.8 Å². The van der Waals surface area contributed by atoms with Crippen molar-refractivity contribution >= 4 is 16.6 Å². The largest absolute Gasteiger partial charge is 0.394 e. The van der Waals surface area contributed by atoms with Gasteiger partial charge in [0.05, 0.1) is 37.1 Å². The Balaban J connectivity index is 2.16. The fraction of sp³-hybridized carbons (Fsp3) is 0.400. The summed E-state index contributed by atoms with van der Waals surface area (Å²) in [6, 6.07) is 8.00. The van der Waals surface area contributed by atoms with Crippen LogP contribution in [0.1, 0.15) is 5.56 Å². The van der Waals surface area contributed by atoms with Crippen LogP contribution in [0.2, 0.25) is 0 Å². The van der Waals surface area contributed by atoms with Gasteiger partial charge in [0.25, 0.3) is 0 Å². The summed E-state index contributed by atoms with van der Waals surface area (Å²) in [5, 5.41) is 10.7. The van der Waals surface area contributed by atoms with Gasteiger partial charge in [0.2, 0.25) is 0 Å². The molecule has 20 heavy (non-hydrogen) atoms. The number of ether oxygens (including phenoxy) is 1. The van der Waals surface area contributed by atoms with Crippen LogP contribution in [-0.2, 0) is 11.3 Å². The average molecular weight is 273 g/mol. The maximum absolute atomic E-state index is 9.59. The van der Waals surface area contributed by atoms with E-state index < -0.39 is 0 Å². The van der Waals surface area contributed by atoms with E-state index in [-0.39, 0.29) is 12.6 Å². The van der Waals surface area contributed by atoms with Gasteiger partial charge in [-0.05, 0) is 6.07 Å². The molecule has 1 aliphatic heterocycles. The zero-order valence-corrected chi connectivity index (χ0v) is 11.3. The summed E-state index contributed by atoms with van der Waals surface area (Å²) in [5.41, 5.74) is 8.91. The van der Waals surface area contributed by atoms with E-state index in [0.717, 1.165) is 28.7 Å². The first kappa shape index (κ1) is 13.3. The molecule has 3 N–H and O–H groups in total. The lowest BCUT2D eigenvalue weighted by Crippen LogP contribution is -2.48. The number of nitrogens with zero attached hydrogens (tertiary/aromatic N) is 2. The molecule has 0 spiro atoms. The third-order valence-electron chi connectivity index (χ3n) is 3.77. The van der Waals surface area contributed by atoms with Crippen LogP contribution in [0, 0.1) is 0 Å². The second-order valence-electron chi connectivity index (χ2n) is 4.96. The van der Waals surface area contributed by atoms with Gasteiger partial charge in [0.15, 0.2) is 0 Å². The molecule has 0 saturated carbocycles. The molecular weight excluding hydrogens is 254 g/mol. The molecule has 1 atom stereocenters. The Labute approximate surface area is 118 Å². The standard InChI is InChI=1S/C15H19N3O2/c16-7-11-8-17-14-4-2-1-3-13(14)15(11)18-5-6-20-10-12(18)9-19/h1-4,8,12,19H,5-7,9-10,16H2. The third kappa shape index (κ3) is 2.24. The number of hydrogen-bond acceptors (Lipinski definition) is 5. The molecule has 0 aliphatic carbocycles. The minimum atomic E-state index is -0.0279. The molecule has 2 heterocycles. The average Bonchev–Trinajstić information content (AvgIpc) is 2.53. The summed E-state index contributed by atoms with van der Waals surface area (Å²) in [4.78, 5) is 6.66. The number of nitrogens with two attached hydrogens (primary N) is 1. The fourth-order valence-electron chi connectivity index (χ4n) is 2.76. The number of pyridine rings is 1. The first-order valence-corrected chi connectivity index (χ1v) is 6.87. The van der Waals surface area contributed by atoms with E-state index in [1.807, 2.05) is 24.4 Å². The van der Waals surface area contributed by atoms with Crippen LogP contribution in [0.3, 0.4) is 0 Å². The van der Waals surface area contributed by atoms with Crippen molar-refractivity contribution in [2.45, 2.75) is 12.6 Å². The molecule has 1 aromatic carbocycles. The van der Waals surface area contributed by atoms with Crippen molar-refractivity contribution in [3.05, 3.63) is 36.0 Å². The number of benzene rings is 1. The number of aliphatic hydroxyl groups is 1. The fourth-order valence-corrected chi connectivity index (χ4v) is 2.76. The van der Waals surface area contributed by atoms with Crippen molar-refractivity contribution in [3.63, 3.8) is 0 Å². The zero-order valence-electron chi connectivity index (χ0n) is 11.3. The van der Waals surface area contributed by atoms with E-state index in [9.17, 15) is 5.11 Å². The van der Waals surface area contributed by atoms with Crippen molar-refractivity contribution in [1.29, 1.82) is 0 Å². The van der Waals surface area contributed by atoms with E-state index in [1.54, 1.807) is 0 Å². The molecule has 2 aromatic rings. The number of rotatable bonds is 3. The lowest BCUT2D eigenvalue weighted by molar-refractivity contribution is 0.0728. The number of fused-ring (bicyclic) bond motifs is 1. The molecule has 3 rings (SSSR count). The molecule has 0 radical (unpaired) electrons. The molecule has 1 fully saturated rings. The first-order valence-electron chi connectivity index (χ1n) is 6.87. The second kappa shape index (κ2) is 5.75. The molecule has 0 bridgehead atoms. The number of aliphatic hydroxyl groups excluding tert-OH is 1.